The highest BCUT2D eigenvalue weighted by Crippen LogP contribution is 2.26. The minimum Gasteiger partial charge on any atom is -0.493 e. The van der Waals surface area contributed by atoms with Crippen molar-refractivity contribution in [1.82, 2.24) is 0 Å². The average molecular weight is 262 g/mol. The van der Waals surface area contributed by atoms with Gasteiger partial charge >= 0.3 is 5.97 Å². The molecule has 1 rings (SSSR count). The Morgan fingerprint density at radius 3 is 2.68 bits per heavy atom. The highest BCUT2D eigenvalue weighted by atomic mass is 16.5. The molecule has 3 heteroatoms. The van der Waals surface area contributed by atoms with Crippen molar-refractivity contribution in [2.45, 2.75) is 40.0 Å². The van der Waals surface area contributed by atoms with Crippen LogP contribution < -0.4 is 9.47 Å². The lowest BCUT2D eigenvalue weighted by Gasteiger charge is -2.12. The quantitative estimate of drug-likeness (QED) is 0.424. The SMILES string of the molecule is CC=CC(=O)Oc1ccc(CCC)c(OCCC)c1. The molecule has 0 radical (unpaired) electrons. The highest BCUT2D eigenvalue weighted by Gasteiger charge is 2.07. The van der Waals surface area contributed by atoms with Gasteiger partial charge in [-0.15, -0.1) is 0 Å². The van der Waals surface area contributed by atoms with Gasteiger partial charge in [0.15, 0.2) is 0 Å². The summed E-state index contributed by atoms with van der Waals surface area (Å²) in [7, 11) is 0. The van der Waals surface area contributed by atoms with Crippen molar-refractivity contribution in [3.05, 3.63) is 35.9 Å². The zero-order valence-electron chi connectivity index (χ0n) is 11.9. The van der Waals surface area contributed by atoms with Gasteiger partial charge in [0.25, 0.3) is 0 Å². The Hall–Kier alpha value is -1.77. The Kier molecular flexibility index (Phi) is 6.72. The molecule has 104 valence electrons. The van der Waals surface area contributed by atoms with Crippen LogP contribution in [-0.2, 0) is 11.2 Å². The molecule has 0 aromatic heterocycles. The third-order valence-electron chi connectivity index (χ3n) is 2.54. The first-order chi connectivity index (χ1) is 9.21. The Morgan fingerprint density at radius 1 is 1.26 bits per heavy atom. The molecular weight excluding hydrogens is 240 g/mol. The fourth-order valence-corrected chi connectivity index (χ4v) is 1.71. The van der Waals surface area contributed by atoms with E-state index in [4.69, 9.17) is 9.47 Å². The second-order valence-corrected chi connectivity index (χ2v) is 4.29. The summed E-state index contributed by atoms with van der Waals surface area (Å²) in [5, 5.41) is 0. The molecule has 0 unspecified atom stereocenters. The summed E-state index contributed by atoms with van der Waals surface area (Å²) in [5.74, 6) is 0.968. The molecule has 0 aliphatic heterocycles. The largest absolute Gasteiger partial charge is 0.493 e. The molecule has 0 aliphatic carbocycles. The monoisotopic (exact) mass is 262 g/mol. The molecule has 0 saturated heterocycles. The number of aryl methyl sites for hydroxylation is 1. The lowest BCUT2D eigenvalue weighted by molar-refractivity contribution is -0.129. The van der Waals surface area contributed by atoms with E-state index in [2.05, 4.69) is 13.8 Å². The summed E-state index contributed by atoms with van der Waals surface area (Å²) < 4.78 is 10.9. The van der Waals surface area contributed by atoms with Gasteiger partial charge in [-0.05, 0) is 31.4 Å². The summed E-state index contributed by atoms with van der Waals surface area (Å²) in [5.41, 5.74) is 1.15. The van der Waals surface area contributed by atoms with Gasteiger partial charge in [0, 0.05) is 12.1 Å². The van der Waals surface area contributed by atoms with Crippen LogP contribution in [0, 0.1) is 0 Å². The Bertz CT molecular complexity index is 436. The maximum atomic E-state index is 11.4. The van der Waals surface area contributed by atoms with Gasteiger partial charge in [0.05, 0.1) is 6.61 Å². The normalized spacial score (nSPS) is 10.7. The van der Waals surface area contributed by atoms with Gasteiger partial charge in [-0.2, -0.15) is 0 Å². The molecule has 0 aliphatic rings. The van der Waals surface area contributed by atoms with Crippen LogP contribution in [0.4, 0.5) is 0 Å². The number of benzene rings is 1. The molecule has 0 amide bonds. The molecule has 1 aromatic carbocycles. The van der Waals surface area contributed by atoms with Crippen molar-refractivity contribution >= 4 is 5.97 Å². The fourth-order valence-electron chi connectivity index (χ4n) is 1.71. The van der Waals surface area contributed by atoms with Crippen molar-refractivity contribution in [2.75, 3.05) is 6.61 Å². The summed E-state index contributed by atoms with van der Waals surface area (Å²) in [6, 6.07) is 5.57. The predicted octanol–water partition coefficient (Wildman–Crippen LogP) is 3.91. The predicted molar refractivity (Wildman–Crippen MR) is 76.7 cm³/mol. The first-order valence-corrected chi connectivity index (χ1v) is 6.81. The van der Waals surface area contributed by atoms with Crippen molar-refractivity contribution in [1.29, 1.82) is 0 Å². The van der Waals surface area contributed by atoms with E-state index in [0.29, 0.717) is 12.4 Å². The minimum atomic E-state index is -0.368. The zero-order valence-corrected chi connectivity index (χ0v) is 11.9. The summed E-state index contributed by atoms with van der Waals surface area (Å²) >= 11 is 0. The topological polar surface area (TPSA) is 35.5 Å². The molecule has 0 fully saturated rings. The van der Waals surface area contributed by atoms with Gasteiger partial charge in [0.2, 0.25) is 0 Å². The van der Waals surface area contributed by atoms with Crippen LogP contribution in [0.15, 0.2) is 30.4 Å². The van der Waals surface area contributed by atoms with E-state index in [9.17, 15) is 4.79 Å². The number of rotatable bonds is 7. The minimum absolute atomic E-state index is 0.368. The fraction of sp³-hybridized carbons (Fsp3) is 0.438. The smallest absolute Gasteiger partial charge is 0.335 e. The number of hydrogen-bond acceptors (Lipinski definition) is 3. The number of esters is 1. The van der Waals surface area contributed by atoms with E-state index < -0.39 is 0 Å². The van der Waals surface area contributed by atoms with Gasteiger partial charge in [-0.3, -0.25) is 0 Å². The summed E-state index contributed by atoms with van der Waals surface area (Å²) in [4.78, 5) is 11.4. The number of carbonyl (C=O) groups is 1. The maximum Gasteiger partial charge on any atom is 0.335 e. The Morgan fingerprint density at radius 2 is 2.05 bits per heavy atom. The molecule has 0 spiro atoms. The van der Waals surface area contributed by atoms with Gasteiger partial charge in [0.1, 0.15) is 11.5 Å². The number of hydrogen-bond donors (Lipinski definition) is 0. The van der Waals surface area contributed by atoms with E-state index in [1.165, 1.54) is 6.08 Å². The molecule has 0 atom stereocenters. The summed E-state index contributed by atoms with van der Waals surface area (Å²) in [6.45, 7) is 6.64. The van der Waals surface area contributed by atoms with Crippen molar-refractivity contribution in [3.63, 3.8) is 0 Å². The lowest BCUT2D eigenvalue weighted by atomic mass is 10.1. The van der Waals surface area contributed by atoms with Crippen LogP contribution in [0.3, 0.4) is 0 Å². The molecule has 0 bridgehead atoms. The Balaban J connectivity index is 2.86. The van der Waals surface area contributed by atoms with Crippen molar-refractivity contribution in [3.8, 4) is 11.5 Å². The highest BCUT2D eigenvalue weighted by molar-refractivity contribution is 5.84. The van der Waals surface area contributed by atoms with Crippen LogP contribution in [0.2, 0.25) is 0 Å². The first kappa shape index (κ1) is 15.3. The average Bonchev–Trinajstić information content (AvgIpc) is 2.39. The van der Waals surface area contributed by atoms with E-state index >= 15 is 0 Å². The molecular formula is C16H22O3. The van der Waals surface area contributed by atoms with Crippen LogP contribution >= 0.6 is 0 Å². The number of allylic oxidation sites excluding steroid dienone is 1. The molecule has 0 heterocycles. The third kappa shape index (κ3) is 5.16. The van der Waals surface area contributed by atoms with Gasteiger partial charge < -0.3 is 9.47 Å². The van der Waals surface area contributed by atoms with Gasteiger partial charge in [-0.25, -0.2) is 4.79 Å². The van der Waals surface area contributed by atoms with Crippen LogP contribution in [0.1, 0.15) is 39.2 Å². The van der Waals surface area contributed by atoms with E-state index in [-0.39, 0.29) is 5.97 Å². The van der Waals surface area contributed by atoms with E-state index in [0.717, 1.165) is 30.6 Å². The second-order valence-electron chi connectivity index (χ2n) is 4.29. The molecule has 0 saturated carbocycles. The molecule has 0 N–H and O–H groups in total. The van der Waals surface area contributed by atoms with E-state index in [1.54, 1.807) is 19.1 Å². The molecule has 1 aromatic rings. The zero-order chi connectivity index (χ0) is 14.1. The number of carbonyl (C=O) groups excluding carboxylic acids is 1. The lowest BCUT2D eigenvalue weighted by Crippen LogP contribution is -2.05. The maximum absolute atomic E-state index is 11.4. The molecule has 19 heavy (non-hydrogen) atoms. The molecule has 3 nitrogen and oxygen atoms in total. The summed E-state index contributed by atoms with van der Waals surface area (Å²) in [6.07, 6.45) is 6.02. The third-order valence-corrected chi connectivity index (χ3v) is 2.54. The van der Waals surface area contributed by atoms with Crippen molar-refractivity contribution < 1.29 is 14.3 Å². The van der Waals surface area contributed by atoms with Crippen LogP contribution in [-0.4, -0.2) is 12.6 Å². The number of ether oxygens (including phenoxy) is 2. The Labute approximate surface area is 115 Å². The van der Waals surface area contributed by atoms with E-state index in [1.807, 2.05) is 12.1 Å². The van der Waals surface area contributed by atoms with Crippen molar-refractivity contribution in [2.24, 2.45) is 0 Å². The standard InChI is InChI=1S/C16H22O3/c1-4-7-13-9-10-14(19-16(17)8-5-2)12-15(13)18-11-6-3/h5,8-10,12H,4,6-7,11H2,1-3H3. The van der Waals surface area contributed by atoms with Crippen LogP contribution in [0.5, 0.6) is 11.5 Å². The first-order valence-electron chi connectivity index (χ1n) is 6.81. The van der Waals surface area contributed by atoms with Gasteiger partial charge in [-0.1, -0.05) is 32.4 Å². The second kappa shape index (κ2) is 8.35. The van der Waals surface area contributed by atoms with Crippen LogP contribution in [0.25, 0.3) is 0 Å².